The first-order valence-electron chi connectivity index (χ1n) is 6.08. The minimum Gasteiger partial charge on any atom is -0.329 e. The van der Waals surface area contributed by atoms with E-state index in [-0.39, 0.29) is 11.4 Å². The molecule has 2 atom stereocenters. The minimum atomic E-state index is -3.02. The molecule has 0 aromatic carbocycles. The molecule has 2 N–H and O–H groups in total. The van der Waals surface area contributed by atoms with Crippen LogP contribution in [0.15, 0.2) is 0 Å². The fourth-order valence-corrected chi connectivity index (χ4v) is 5.24. The van der Waals surface area contributed by atoms with E-state index in [4.69, 9.17) is 5.73 Å². The topological polar surface area (TPSA) is 63.4 Å². The lowest BCUT2D eigenvalue weighted by Gasteiger charge is -2.40. The Balaban J connectivity index is 2.82. The van der Waals surface area contributed by atoms with Crippen molar-refractivity contribution in [2.45, 2.75) is 31.7 Å². The van der Waals surface area contributed by atoms with Crippen LogP contribution in [0.2, 0.25) is 0 Å². The van der Waals surface area contributed by atoms with Crippen LogP contribution < -0.4 is 5.73 Å². The van der Waals surface area contributed by atoms with Crippen molar-refractivity contribution in [2.75, 3.05) is 30.9 Å². The summed E-state index contributed by atoms with van der Waals surface area (Å²) < 4.78 is 23.6. The van der Waals surface area contributed by atoms with Gasteiger partial charge in [-0.25, -0.2) is 8.42 Å². The largest absolute Gasteiger partial charge is 0.329 e. The smallest absolute Gasteiger partial charge is 0.164 e. The van der Waals surface area contributed by atoms with E-state index in [0.717, 1.165) is 18.7 Å². The zero-order valence-electron chi connectivity index (χ0n) is 10.9. The third-order valence-electron chi connectivity index (χ3n) is 3.10. The summed E-state index contributed by atoms with van der Waals surface area (Å²) in [5, 5.41) is -0.353. The third kappa shape index (κ3) is 4.43. The normalized spacial score (nSPS) is 25.1. The van der Waals surface area contributed by atoms with E-state index in [9.17, 15) is 8.42 Å². The molecule has 1 rings (SSSR count). The van der Waals surface area contributed by atoms with Crippen LogP contribution in [0.5, 0.6) is 0 Å². The van der Waals surface area contributed by atoms with Gasteiger partial charge in [0.05, 0.1) is 0 Å². The summed E-state index contributed by atoms with van der Waals surface area (Å²) in [6.07, 6.45) is 2.30. The molecule has 1 saturated heterocycles. The summed E-state index contributed by atoms with van der Waals surface area (Å²) in [6, 6.07) is 0.190. The van der Waals surface area contributed by atoms with Gasteiger partial charge in [-0.2, -0.15) is 11.8 Å². The summed E-state index contributed by atoms with van der Waals surface area (Å²) >= 11 is 1.72. The SMILES string of the molecule is CC(C)CC(CN)N1CCSCC1S(C)(=O)=O. The summed E-state index contributed by atoms with van der Waals surface area (Å²) in [6.45, 7) is 5.67. The van der Waals surface area contributed by atoms with Crippen LogP contribution in [0, 0.1) is 5.92 Å². The van der Waals surface area contributed by atoms with Gasteiger partial charge in [-0.05, 0) is 12.3 Å². The van der Waals surface area contributed by atoms with E-state index < -0.39 is 9.84 Å². The van der Waals surface area contributed by atoms with Crippen molar-refractivity contribution < 1.29 is 8.42 Å². The lowest BCUT2D eigenvalue weighted by atomic mass is 10.0. The number of hydrogen-bond donors (Lipinski definition) is 1. The molecular formula is C11H24N2O2S2. The highest BCUT2D eigenvalue weighted by molar-refractivity contribution is 8.00. The Bertz CT molecular complexity index is 330. The molecule has 0 amide bonds. The molecule has 0 aromatic heterocycles. The molecule has 102 valence electrons. The highest BCUT2D eigenvalue weighted by atomic mass is 32.2. The van der Waals surface area contributed by atoms with Crippen LogP contribution >= 0.6 is 11.8 Å². The van der Waals surface area contributed by atoms with Gasteiger partial charge in [-0.3, -0.25) is 4.90 Å². The maximum Gasteiger partial charge on any atom is 0.164 e. The molecular weight excluding hydrogens is 256 g/mol. The molecule has 0 bridgehead atoms. The van der Waals surface area contributed by atoms with Gasteiger partial charge in [-0.15, -0.1) is 0 Å². The Kier molecular flexibility index (Phi) is 5.76. The molecule has 1 aliphatic rings. The van der Waals surface area contributed by atoms with Crippen LogP contribution in [-0.2, 0) is 9.84 Å². The fraction of sp³-hybridized carbons (Fsp3) is 1.00. The van der Waals surface area contributed by atoms with Crippen molar-refractivity contribution in [3.05, 3.63) is 0 Å². The molecule has 0 radical (unpaired) electrons. The maximum atomic E-state index is 11.8. The summed E-state index contributed by atoms with van der Waals surface area (Å²) in [5.41, 5.74) is 5.81. The van der Waals surface area contributed by atoms with Gasteiger partial charge >= 0.3 is 0 Å². The van der Waals surface area contributed by atoms with Crippen molar-refractivity contribution in [1.29, 1.82) is 0 Å². The second-order valence-corrected chi connectivity index (χ2v) is 8.47. The standard InChI is InChI=1S/C11H24N2O2S2/c1-9(2)6-10(7-12)13-4-5-16-8-11(13)17(3,14)15/h9-11H,4-8,12H2,1-3H3. The Labute approximate surface area is 109 Å². The van der Waals surface area contributed by atoms with Gasteiger partial charge in [-0.1, -0.05) is 13.8 Å². The van der Waals surface area contributed by atoms with E-state index in [1.54, 1.807) is 11.8 Å². The monoisotopic (exact) mass is 280 g/mol. The summed E-state index contributed by atoms with van der Waals surface area (Å²) in [4.78, 5) is 2.10. The molecule has 0 aliphatic carbocycles. The highest BCUT2D eigenvalue weighted by Crippen LogP contribution is 2.24. The first-order valence-corrected chi connectivity index (χ1v) is 9.19. The predicted octanol–water partition coefficient (Wildman–Crippen LogP) is 0.779. The predicted molar refractivity (Wildman–Crippen MR) is 75.0 cm³/mol. The lowest BCUT2D eigenvalue weighted by molar-refractivity contribution is 0.174. The average molecular weight is 280 g/mol. The summed E-state index contributed by atoms with van der Waals surface area (Å²) in [7, 11) is -3.02. The van der Waals surface area contributed by atoms with Crippen molar-refractivity contribution in [3.63, 3.8) is 0 Å². The van der Waals surface area contributed by atoms with Gasteiger partial charge in [0.2, 0.25) is 0 Å². The Morgan fingerprint density at radius 1 is 1.47 bits per heavy atom. The van der Waals surface area contributed by atoms with E-state index in [2.05, 4.69) is 18.7 Å². The van der Waals surface area contributed by atoms with Crippen molar-refractivity contribution in [1.82, 2.24) is 4.90 Å². The number of hydrogen-bond acceptors (Lipinski definition) is 5. The first kappa shape index (κ1) is 15.3. The summed E-state index contributed by atoms with van der Waals surface area (Å²) in [5.74, 6) is 2.21. The van der Waals surface area contributed by atoms with E-state index >= 15 is 0 Å². The molecule has 1 heterocycles. The molecule has 4 nitrogen and oxygen atoms in total. The molecule has 17 heavy (non-hydrogen) atoms. The van der Waals surface area contributed by atoms with Crippen LogP contribution in [-0.4, -0.2) is 55.6 Å². The van der Waals surface area contributed by atoms with Gasteiger partial charge in [0, 0.05) is 36.9 Å². The first-order chi connectivity index (χ1) is 7.86. The van der Waals surface area contributed by atoms with Crippen molar-refractivity contribution in [3.8, 4) is 0 Å². The zero-order chi connectivity index (χ0) is 13.1. The van der Waals surface area contributed by atoms with Crippen LogP contribution in [0.3, 0.4) is 0 Å². The number of sulfone groups is 1. The van der Waals surface area contributed by atoms with Crippen molar-refractivity contribution in [2.24, 2.45) is 11.7 Å². The zero-order valence-corrected chi connectivity index (χ0v) is 12.6. The Morgan fingerprint density at radius 2 is 2.12 bits per heavy atom. The minimum absolute atomic E-state index is 0.190. The Hall–Kier alpha value is 0.220. The molecule has 2 unspecified atom stereocenters. The molecule has 0 spiro atoms. The molecule has 6 heteroatoms. The number of nitrogens with two attached hydrogens (primary N) is 1. The fourth-order valence-electron chi connectivity index (χ4n) is 2.29. The average Bonchev–Trinajstić information content (AvgIpc) is 2.24. The quantitative estimate of drug-likeness (QED) is 0.806. The molecule has 1 fully saturated rings. The number of rotatable bonds is 5. The second-order valence-electron chi connectivity index (χ2n) is 5.12. The maximum absolute atomic E-state index is 11.8. The van der Waals surface area contributed by atoms with Crippen LogP contribution in [0.25, 0.3) is 0 Å². The number of thioether (sulfide) groups is 1. The van der Waals surface area contributed by atoms with E-state index in [0.29, 0.717) is 18.2 Å². The highest BCUT2D eigenvalue weighted by Gasteiger charge is 2.34. The van der Waals surface area contributed by atoms with Gasteiger partial charge < -0.3 is 5.73 Å². The van der Waals surface area contributed by atoms with Gasteiger partial charge in [0.15, 0.2) is 9.84 Å². The van der Waals surface area contributed by atoms with Crippen LogP contribution in [0.1, 0.15) is 20.3 Å². The van der Waals surface area contributed by atoms with Gasteiger partial charge in [0.1, 0.15) is 5.37 Å². The van der Waals surface area contributed by atoms with Gasteiger partial charge in [0.25, 0.3) is 0 Å². The van der Waals surface area contributed by atoms with E-state index in [1.165, 1.54) is 6.26 Å². The molecule has 0 saturated carbocycles. The van der Waals surface area contributed by atoms with Crippen LogP contribution in [0.4, 0.5) is 0 Å². The second kappa shape index (κ2) is 6.41. The van der Waals surface area contributed by atoms with E-state index in [1.807, 2.05) is 0 Å². The molecule has 1 aliphatic heterocycles. The third-order valence-corrected chi connectivity index (χ3v) is 5.76. The molecule has 0 aromatic rings. The number of nitrogens with zero attached hydrogens (tertiary/aromatic N) is 1. The Morgan fingerprint density at radius 3 is 2.59 bits per heavy atom. The van der Waals surface area contributed by atoms with Crippen molar-refractivity contribution >= 4 is 21.6 Å². The lowest BCUT2D eigenvalue weighted by Crippen LogP contribution is -2.54.